The Bertz CT molecular complexity index is 700. The number of unbranched alkanes of at least 4 members (excludes halogenated alkanes) is 9. The van der Waals surface area contributed by atoms with Crippen LogP contribution in [0.1, 0.15) is 71.1 Å². The van der Waals surface area contributed by atoms with Gasteiger partial charge in [-0.2, -0.15) is 0 Å². The lowest BCUT2D eigenvalue weighted by molar-refractivity contribution is 0.529. The first-order valence-electron chi connectivity index (χ1n) is 10.1. The molecule has 5 nitrogen and oxygen atoms in total. The van der Waals surface area contributed by atoms with E-state index < -0.39 is 0 Å². The highest BCUT2D eigenvalue weighted by atomic mass is 16.2. The van der Waals surface area contributed by atoms with Crippen molar-refractivity contribution < 1.29 is 0 Å². The lowest BCUT2D eigenvalue weighted by Crippen LogP contribution is -2.23. The maximum Gasteiger partial charge on any atom is 0.345 e. The van der Waals surface area contributed by atoms with Crippen LogP contribution in [0.5, 0.6) is 0 Å². The summed E-state index contributed by atoms with van der Waals surface area (Å²) in [4.78, 5) is 12.4. The predicted molar refractivity (Wildman–Crippen MR) is 109 cm³/mol. The lowest BCUT2D eigenvalue weighted by atomic mass is 10.1. The van der Waals surface area contributed by atoms with E-state index in [0.717, 1.165) is 30.8 Å². The molecule has 0 atom stereocenters. The highest BCUT2D eigenvalue weighted by Crippen LogP contribution is 2.18. The number of aryl methyl sites for hydroxylation is 1. The van der Waals surface area contributed by atoms with Gasteiger partial charge in [-0.3, -0.25) is 4.57 Å². The molecule has 0 saturated carbocycles. The first-order valence-corrected chi connectivity index (χ1v) is 10.1. The Balaban J connectivity index is 1.77. The van der Waals surface area contributed by atoms with E-state index in [0.29, 0.717) is 5.69 Å². The largest absolute Gasteiger partial charge is 0.399 e. The van der Waals surface area contributed by atoms with Gasteiger partial charge in [-0.25, -0.2) is 9.48 Å². The number of nitrogens with two attached hydrogens (primary N) is 1. The fraction of sp³-hybridized carbons (Fsp3) is 0.619. The number of benzene rings is 1. The van der Waals surface area contributed by atoms with Gasteiger partial charge >= 0.3 is 5.69 Å². The maximum atomic E-state index is 12.4. The fourth-order valence-electron chi connectivity index (χ4n) is 3.31. The highest BCUT2D eigenvalue weighted by Gasteiger charge is 2.12. The lowest BCUT2D eigenvalue weighted by Gasteiger charge is -2.06. The van der Waals surface area contributed by atoms with E-state index in [1.807, 2.05) is 24.3 Å². The fourth-order valence-corrected chi connectivity index (χ4v) is 3.31. The monoisotopic (exact) mass is 358 g/mol. The summed E-state index contributed by atoms with van der Waals surface area (Å²) in [6.45, 7) is 2.98. The number of aromatic nitrogens is 3. The molecule has 5 heteroatoms. The Morgan fingerprint density at radius 1 is 0.885 bits per heavy atom. The second-order valence-electron chi connectivity index (χ2n) is 7.19. The van der Waals surface area contributed by atoms with Crippen LogP contribution in [0.3, 0.4) is 0 Å². The third-order valence-corrected chi connectivity index (χ3v) is 4.91. The zero-order valence-electron chi connectivity index (χ0n) is 16.4. The van der Waals surface area contributed by atoms with Gasteiger partial charge < -0.3 is 5.73 Å². The van der Waals surface area contributed by atoms with Gasteiger partial charge in [-0.1, -0.05) is 64.7 Å². The van der Waals surface area contributed by atoms with Gasteiger partial charge in [0.25, 0.3) is 0 Å². The van der Waals surface area contributed by atoms with Crippen LogP contribution >= 0.6 is 0 Å². The Morgan fingerprint density at radius 3 is 2.00 bits per heavy atom. The molecule has 2 N–H and O–H groups in total. The smallest absolute Gasteiger partial charge is 0.345 e. The summed E-state index contributed by atoms with van der Waals surface area (Å²) in [5, 5.41) is 4.40. The topological polar surface area (TPSA) is 65.8 Å². The van der Waals surface area contributed by atoms with Crippen molar-refractivity contribution >= 4 is 5.69 Å². The van der Waals surface area contributed by atoms with Crippen molar-refractivity contribution in [3.63, 3.8) is 0 Å². The molecule has 144 valence electrons. The van der Waals surface area contributed by atoms with Gasteiger partial charge in [0.1, 0.15) is 0 Å². The molecule has 26 heavy (non-hydrogen) atoms. The summed E-state index contributed by atoms with van der Waals surface area (Å²) in [5.41, 5.74) is 7.36. The number of nitrogen functional groups attached to an aromatic ring is 1. The minimum atomic E-state index is -0.0484. The SMILES string of the molecule is CCCCCCCCCCCCn1c(-c2ccc(N)cc2)nn(C)c1=O. The molecule has 0 amide bonds. The van der Waals surface area contributed by atoms with E-state index in [-0.39, 0.29) is 5.69 Å². The molecule has 0 bridgehead atoms. The molecule has 0 fully saturated rings. The van der Waals surface area contributed by atoms with E-state index in [1.165, 1.54) is 56.0 Å². The normalized spacial score (nSPS) is 11.2. The Morgan fingerprint density at radius 2 is 1.42 bits per heavy atom. The molecule has 1 aromatic heterocycles. The molecule has 1 aromatic carbocycles. The second-order valence-corrected chi connectivity index (χ2v) is 7.19. The van der Waals surface area contributed by atoms with Crippen LogP contribution in [0, 0.1) is 0 Å². The van der Waals surface area contributed by atoms with E-state index in [9.17, 15) is 4.79 Å². The van der Waals surface area contributed by atoms with E-state index in [1.54, 1.807) is 11.6 Å². The summed E-state index contributed by atoms with van der Waals surface area (Å²) in [7, 11) is 1.71. The minimum absolute atomic E-state index is 0.0484. The van der Waals surface area contributed by atoms with Gasteiger partial charge in [0.15, 0.2) is 5.82 Å². The summed E-state index contributed by atoms with van der Waals surface area (Å²) < 4.78 is 3.21. The molecular formula is C21H34N4O. The third-order valence-electron chi connectivity index (χ3n) is 4.91. The highest BCUT2D eigenvalue weighted by molar-refractivity contribution is 5.58. The van der Waals surface area contributed by atoms with Crippen LogP contribution in [0.15, 0.2) is 29.1 Å². The summed E-state index contributed by atoms with van der Waals surface area (Å²) in [6.07, 6.45) is 12.9. The van der Waals surface area contributed by atoms with Crippen molar-refractivity contribution in [2.24, 2.45) is 7.05 Å². The standard InChI is InChI=1S/C21H34N4O/c1-3-4-5-6-7-8-9-10-11-12-17-25-20(23-24(2)21(25)26)18-13-15-19(22)16-14-18/h13-16H,3-12,17,22H2,1-2H3. The van der Waals surface area contributed by atoms with Crippen LogP contribution in [-0.4, -0.2) is 14.3 Å². The van der Waals surface area contributed by atoms with Gasteiger partial charge in [0, 0.05) is 24.8 Å². The molecule has 1 heterocycles. The first-order chi connectivity index (χ1) is 12.6. The predicted octanol–water partition coefficient (Wildman–Crippen LogP) is 4.75. The van der Waals surface area contributed by atoms with E-state index >= 15 is 0 Å². The van der Waals surface area contributed by atoms with Crippen LogP contribution in [0.25, 0.3) is 11.4 Å². The molecule has 0 aliphatic heterocycles. The quantitative estimate of drug-likeness (QED) is 0.440. The average Bonchev–Trinajstić information content (AvgIpc) is 2.92. The number of rotatable bonds is 12. The molecule has 0 spiro atoms. The van der Waals surface area contributed by atoms with E-state index in [2.05, 4.69) is 12.0 Å². The Labute approximate surface area is 157 Å². The first kappa shape index (κ1) is 20.3. The van der Waals surface area contributed by atoms with Crippen LogP contribution in [0.4, 0.5) is 5.69 Å². The number of hydrogen-bond acceptors (Lipinski definition) is 3. The van der Waals surface area contributed by atoms with Crippen molar-refractivity contribution in [2.75, 3.05) is 5.73 Å². The second kappa shape index (κ2) is 10.8. The molecule has 2 rings (SSSR count). The van der Waals surface area contributed by atoms with Crippen molar-refractivity contribution in [2.45, 2.75) is 77.7 Å². The molecule has 0 aliphatic carbocycles. The number of hydrogen-bond donors (Lipinski definition) is 1. The van der Waals surface area contributed by atoms with Crippen LogP contribution < -0.4 is 11.4 Å². The zero-order valence-corrected chi connectivity index (χ0v) is 16.4. The molecule has 0 saturated heterocycles. The van der Waals surface area contributed by atoms with Crippen LogP contribution in [0.2, 0.25) is 0 Å². The Kier molecular flexibility index (Phi) is 8.45. The average molecular weight is 359 g/mol. The minimum Gasteiger partial charge on any atom is -0.399 e. The Hall–Kier alpha value is -2.04. The van der Waals surface area contributed by atoms with Gasteiger partial charge in [0.05, 0.1) is 0 Å². The molecule has 0 aliphatic rings. The molecule has 0 radical (unpaired) electrons. The maximum absolute atomic E-state index is 12.4. The van der Waals surface area contributed by atoms with Crippen LogP contribution in [-0.2, 0) is 13.6 Å². The molecular weight excluding hydrogens is 324 g/mol. The summed E-state index contributed by atoms with van der Waals surface area (Å²) in [5.74, 6) is 0.730. The molecule has 0 unspecified atom stereocenters. The van der Waals surface area contributed by atoms with Gasteiger partial charge in [-0.15, -0.1) is 5.10 Å². The van der Waals surface area contributed by atoms with Gasteiger partial charge in [0.2, 0.25) is 0 Å². The van der Waals surface area contributed by atoms with Gasteiger partial charge in [-0.05, 0) is 30.7 Å². The van der Waals surface area contributed by atoms with Crippen molar-refractivity contribution in [1.29, 1.82) is 0 Å². The van der Waals surface area contributed by atoms with E-state index in [4.69, 9.17) is 5.73 Å². The number of nitrogens with zero attached hydrogens (tertiary/aromatic N) is 3. The summed E-state index contributed by atoms with van der Waals surface area (Å²) >= 11 is 0. The third kappa shape index (κ3) is 6.04. The molecule has 2 aromatic rings. The van der Waals surface area contributed by atoms with Crippen molar-refractivity contribution in [1.82, 2.24) is 14.3 Å². The zero-order chi connectivity index (χ0) is 18.8. The van der Waals surface area contributed by atoms with Crippen molar-refractivity contribution in [3.8, 4) is 11.4 Å². The number of anilines is 1. The summed E-state index contributed by atoms with van der Waals surface area (Å²) in [6, 6.07) is 7.54. The van der Waals surface area contributed by atoms with Crippen molar-refractivity contribution in [3.05, 3.63) is 34.7 Å².